The van der Waals surface area contributed by atoms with Gasteiger partial charge in [-0.1, -0.05) is 28.8 Å². The molecule has 18 heavy (non-hydrogen) atoms. The lowest BCUT2D eigenvalue weighted by Gasteiger charge is -2.28. The van der Waals surface area contributed by atoms with Crippen LogP contribution in [0.2, 0.25) is 0 Å². The number of halogens is 2. The molecule has 0 heterocycles. The van der Waals surface area contributed by atoms with Gasteiger partial charge in [-0.3, -0.25) is 4.79 Å². The topological polar surface area (TPSA) is 29.1 Å². The van der Waals surface area contributed by atoms with Gasteiger partial charge in [-0.05, 0) is 43.5 Å². The SMILES string of the molecule is Cc1cc(F)ccc1C(=O)NC1(CBr)CCCC1. The van der Waals surface area contributed by atoms with E-state index in [1.807, 2.05) is 0 Å². The first-order valence-electron chi connectivity index (χ1n) is 6.21. The molecule has 1 N–H and O–H groups in total. The second-order valence-electron chi connectivity index (χ2n) is 5.03. The van der Waals surface area contributed by atoms with Crippen LogP contribution in [0, 0.1) is 12.7 Å². The first-order chi connectivity index (χ1) is 8.56. The Bertz CT molecular complexity index is 455. The van der Waals surface area contributed by atoms with Crippen LogP contribution in [0.3, 0.4) is 0 Å². The summed E-state index contributed by atoms with van der Waals surface area (Å²) in [5.41, 5.74) is 1.11. The molecular weight excluding hydrogens is 297 g/mol. The van der Waals surface area contributed by atoms with Crippen molar-refractivity contribution in [3.05, 3.63) is 35.1 Å². The van der Waals surface area contributed by atoms with Crippen molar-refractivity contribution in [1.29, 1.82) is 0 Å². The van der Waals surface area contributed by atoms with Crippen molar-refractivity contribution < 1.29 is 9.18 Å². The molecule has 1 aliphatic carbocycles. The lowest BCUT2D eigenvalue weighted by Crippen LogP contribution is -2.47. The zero-order chi connectivity index (χ0) is 13.2. The molecule has 0 aromatic heterocycles. The minimum absolute atomic E-state index is 0.103. The van der Waals surface area contributed by atoms with E-state index in [0.717, 1.165) is 31.0 Å². The Hall–Kier alpha value is -0.900. The highest BCUT2D eigenvalue weighted by Gasteiger charge is 2.34. The van der Waals surface area contributed by atoms with E-state index in [-0.39, 0.29) is 17.3 Å². The Kier molecular flexibility index (Phi) is 4.05. The number of alkyl halides is 1. The molecular formula is C14H17BrFNO. The number of rotatable bonds is 3. The van der Waals surface area contributed by atoms with Crippen LogP contribution in [0.1, 0.15) is 41.6 Å². The molecule has 0 spiro atoms. The van der Waals surface area contributed by atoms with Crippen molar-refractivity contribution in [3.63, 3.8) is 0 Å². The number of carbonyl (C=O) groups excluding carboxylic acids is 1. The van der Waals surface area contributed by atoms with E-state index in [1.165, 1.54) is 12.1 Å². The maximum atomic E-state index is 13.0. The van der Waals surface area contributed by atoms with E-state index >= 15 is 0 Å². The van der Waals surface area contributed by atoms with Crippen LogP contribution in [-0.2, 0) is 0 Å². The van der Waals surface area contributed by atoms with E-state index in [1.54, 1.807) is 13.0 Å². The van der Waals surface area contributed by atoms with E-state index in [4.69, 9.17) is 0 Å². The molecule has 0 saturated heterocycles. The quantitative estimate of drug-likeness (QED) is 0.849. The molecule has 1 aromatic rings. The molecule has 0 unspecified atom stereocenters. The first-order valence-corrected chi connectivity index (χ1v) is 7.33. The number of hydrogen-bond acceptors (Lipinski definition) is 1. The largest absolute Gasteiger partial charge is 0.346 e. The van der Waals surface area contributed by atoms with Gasteiger partial charge in [-0.15, -0.1) is 0 Å². The van der Waals surface area contributed by atoms with Gasteiger partial charge in [0.2, 0.25) is 0 Å². The summed E-state index contributed by atoms with van der Waals surface area (Å²) in [6.07, 6.45) is 4.30. The summed E-state index contributed by atoms with van der Waals surface area (Å²) in [6, 6.07) is 4.28. The van der Waals surface area contributed by atoms with Crippen LogP contribution in [0.5, 0.6) is 0 Å². The maximum absolute atomic E-state index is 13.0. The molecule has 1 saturated carbocycles. The third kappa shape index (κ3) is 2.74. The number of benzene rings is 1. The lowest BCUT2D eigenvalue weighted by molar-refractivity contribution is 0.0909. The third-order valence-electron chi connectivity index (χ3n) is 3.63. The van der Waals surface area contributed by atoms with Gasteiger partial charge in [0.1, 0.15) is 5.82 Å². The molecule has 2 rings (SSSR count). The fraction of sp³-hybridized carbons (Fsp3) is 0.500. The van der Waals surface area contributed by atoms with Crippen molar-refractivity contribution in [2.24, 2.45) is 0 Å². The van der Waals surface area contributed by atoms with Gasteiger partial charge in [0.05, 0.1) is 5.54 Å². The Labute approximate surface area is 115 Å². The molecule has 1 fully saturated rings. The minimum Gasteiger partial charge on any atom is -0.346 e. The van der Waals surface area contributed by atoms with E-state index in [0.29, 0.717) is 11.1 Å². The molecule has 1 amide bonds. The average Bonchev–Trinajstić information content (AvgIpc) is 2.78. The van der Waals surface area contributed by atoms with Gasteiger partial charge >= 0.3 is 0 Å². The van der Waals surface area contributed by atoms with Gasteiger partial charge in [-0.2, -0.15) is 0 Å². The van der Waals surface area contributed by atoms with Crippen LogP contribution in [0.15, 0.2) is 18.2 Å². The fourth-order valence-electron chi connectivity index (χ4n) is 2.53. The van der Waals surface area contributed by atoms with Crippen LogP contribution in [-0.4, -0.2) is 16.8 Å². The predicted octanol–water partition coefficient (Wildman–Crippen LogP) is 3.57. The zero-order valence-electron chi connectivity index (χ0n) is 10.4. The summed E-state index contributed by atoms with van der Waals surface area (Å²) in [7, 11) is 0. The average molecular weight is 314 g/mol. The van der Waals surface area contributed by atoms with Crippen LogP contribution in [0.25, 0.3) is 0 Å². The van der Waals surface area contributed by atoms with Gasteiger partial charge in [-0.25, -0.2) is 4.39 Å². The van der Waals surface area contributed by atoms with Crippen LogP contribution < -0.4 is 5.32 Å². The molecule has 4 heteroatoms. The van der Waals surface area contributed by atoms with E-state index in [2.05, 4.69) is 21.2 Å². The Morgan fingerprint density at radius 3 is 2.67 bits per heavy atom. The van der Waals surface area contributed by atoms with E-state index in [9.17, 15) is 9.18 Å². The zero-order valence-corrected chi connectivity index (χ0v) is 12.0. The monoisotopic (exact) mass is 313 g/mol. The van der Waals surface area contributed by atoms with Crippen molar-refractivity contribution in [1.82, 2.24) is 5.32 Å². The van der Waals surface area contributed by atoms with Crippen molar-refractivity contribution in [2.75, 3.05) is 5.33 Å². The van der Waals surface area contributed by atoms with Crippen molar-refractivity contribution in [3.8, 4) is 0 Å². The molecule has 98 valence electrons. The number of carbonyl (C=O) groups is 1. The second-order valence-corrected chi connectivity index (χ2v) is 5.60. The number of amides is 1. The lowest BCUT2D eigenvalue weighted by atomic mass is 9.99. The molecule has 2 nitrogen and oxygen atoms in total. The van der Waals surface area contributed by atoms with Gasteiger partial charge in [0.25, 0.3) is 5.91 Å². The van der Waals surface area contributed by atoms with Crippen LogP contribution in [0.4, 0.5) is 4.39 Å². The number of hydrogen-bond donors (Lipinski definition) is 1. The molecule has 0 radical (unpaired) electrons. The first kappa shape index (κ1) is 13.5. The summed E-state index contributed by atoms with van der Waals surface area (Å²) in [4.78, 5) is 12.2. The van der Waals surface area contributed by atoms with Crippen molar-refractivity contribution in [2.45, 2.75) is 38.1 Å². The molecule has 0 bridgehead atoms. The second kappa shape index (κ2) is 5.39. The molecule has 1 aliphatic rings. The van der Waals surface area contributed by atoms with Gasteiger partial charge in [0.15, 0.2) is 0 Å². The highest BCUT2D eigenvalue weighted by atomic mass is 79.9. The van der Waals surface area contributed by atoms with Gasteiger partial charge < -0.3 is 5.32 Å². The highest BCUT2D eigenvalue weighted by Crippen LogP contribution is 2.31. The fourth-order valence-corrected chi connectivity index (χ4v) is 3.23. The third-order valence-corrected chi connectivity index (χ3v) is 4.70. The summed E-state index contributed by atoms with van der Waals surface area (Å²) in [6.45, 7) is 1.76. The maximum Gasteiger partial charge on any atom is 0.252 e. The Morgan fingerprint density at radius 2 is 2.11 bits per heavy atom. The van der Waals surface area contributed by atoms with Crippen LogP contribution >= 0.6 is 15.9 Å². The standard InChI is InChI=1S/C14H17BrFNO/c1-10-8-11(16)4-5-12(10)13(18)17-14(9-15)6-2-3-7-14/h4-5,8H,2-3,6-7,9H2,1H3,(H,17,18). The summed E-state index contributed by atoms with van der Waals surface area (Å²) in [5, 5.41) is 3.88. The normalized spacial score (nSPS) is 17.7. The molecule has 0 atom stereocenters. The van der Waals surface area contributed by atoms with Crippen molar-refractivity contribution >= 4 is 21.8 Å². The Morgan fingerprint density at radius 1 is 1.44 bits per heavy atom. The summed E-state index contributed by atoms with van der Waals surface area (Å²) >= 11 is 3.49. The number of aryl methyl sites for hydroxylation is 1. The summed E-state index contributed by atoms with van der Waals surface area (Å²) in [5.74, 6) is -0.408. The smallest absolute Gasteiger partial charge is 0.252 e. The molecule has 0 aliphatic heterocycles. The van der Waals surface area contributed by atoms with E-state index < -0.39 is 0 Å². The molecule has 1 aromatic carbocycles. The summed E-state index contributed by atoms with van der Waals surface area (Å²) < 4.78 is 13.0. The minimum atomic E-state index is -0.305. The highest BCUT2D eigenvalue weighted by molar-refractivity contribution is 9.09. The van der Waals surface area contributed by atoms with Gasteiger partial charge in [0, 0.05) is 10.9 Å². The predicted molar refractivity (Wildman–Crippen MR) is 73.6 cm³/mol. The Balaban J connectivity index is 2.16. The number of nitrogens with one attached hydrogen (secondary N) is 1.